The molecule has 0 atom stereocenters. The number of methoxy groups -OCH3 is 1. The highest BCUT2D eigenvalue weighted by atomic mass is 35.5. The molecule has 0 spiro atoms. The molecule has 2 heterocycles. The summed E-state index contributed by atoms with van der Waals surface area (Å²) in [6.07, 6.45) is 3.86. The van der Waals surface area contributed by atoms with Gasteiger partial charge in [-0.25, -0.2) is 9.67 Å². The minimum absolute atomic E-state index is 0.103. The second-order valence-corrected chi connectivity index (χ2v) is 6.55. The van der Waals surface area contributed by atoms with Crippen molar-refractivity contribution in [1.82, 2.24) is 19.3 Å². The van der Waals surface area contributed by atoms with Crippen molar-refractivity contribution >= 4 is 22.6 Å². The van der Waals surface area contributed by atoms with Crippen molar-refractivity contribution in [3.05, 3.63) is 82.0 Å². The topological polar surface area (TPSA) is 61.9 Å². The molecule has 0 unspecified atom stereocenters. The van der Waals surface area contributed by atoms with Gasteiger partial charge in [0.15, 0.2) is 5.65 Å². The summed E-state index contributed by atoms with van der Waals surface area (Å²) >= 11 is 5.93. The van der Waals surface area contributed by atoms with Gasteiger partial charge in [-0.2, -0.15) is 5.10 Å². The van der Waals surface area contributed by atoms with Crippen LogP contribution < -0.4 is 10.3 Å². The molecule has 0 saturated heterocycles. The van der Waals surface area contributed by atoms with E-state index in [1.807, 2.05) is 36.4 Å². The van der Waals surface area contributed by atoms with Crippen LogP contribution in [0.1, 0.15) is 5.56 Å². The van der Waals surface area contributed by atoms with Gasteiger partial charge in [-0.3, -0.25) is 9.36 Å². The minimum Gasteiger partial charge on any atom is -0.497 e. The summed E-state index contributed by atoms with van der Waals surface area (Å²) in [6.45, 7) is 0.542. The summed E-state index contributed by atoms with van der Waals surface area (Å²) in [5.41, 5.74) is 2.36. The highest BCUT2D eigenvalue weighted by molar-refractivity contribution is 6.30. The first-order valence-electron chi connectivity index (χ1n) is 8.48. The van der Waals surface area contributed by atoms with Crippen LogP contribution in [0.15, 0.2) is 65.8 Å². The molecule has 6 nitrogen and oxygen atoms in total. The first-order chi connectivity index (χ1) is 13.2. The molecule has 4 aromatic rings. The molecule has 0 radical (unpaired) electrons. The Kier molecular flexibility index (Phi) is 4.64. The van der Waals surface area contributed by atoms with Gasteiger partial charge in [-0.05, 0) is 48.4 Å². The molecule has 0 saturated carbocycles. The van der Waals surface area contributed by atoms with Gasteiger partial charge in [0.2, 0.25) is 0 Å². The predicted octanol–water partition coefficient (Wildman–Crippen LogP) is 3.49. The first kappa shape index (κ1) is 17.3. The van der Waals surface area contributed by atoms with Gasteiger partial charge in [0.1, 0.15) is 11.1 Å². The number of aryl methyl sites for hydroxylation is 2. The highest BCUT2D eigenvalue weighted by Gasteiger charge is 2.11. The molecule has 0 aliphatic heterocycles. The zero-order valence-corrected chi connectivity index (χ0v) is 15.4. The van der Waals surface area contributed by atoms with Gasteiger partial charge in [0.25, 0.3) is 5.56 Å². The molecular weight excluding hydrogens is 364 g/mol. The van der Waals surface area contributed by atoms with E-state index < -0.39 is 0 Å². The maximum absolute atomic E-state index is 12.8. The Labute approximate surface area is 160 Å². The number of ether oxygens (including phenoxy) is 1. The summed E-state index contributed by atoms with van der Waals surface area (Å²) < 4.78 is 8.41. The third-order valence-corrected chi connectivity index (χ3v) is 4.68. The molecule has 27 heavy (non-hydrogen) atoms. The largest absolute Gasteiger partial charge is 0.497 e. The Morgan fingerprint density at radius 2 is 1.81 bits per heavy atom. The lowest BCUT2D eigenvalue weighted by Gasteiger charge is -2.07. The zero-order valence-electron chi connectivity index (χ0n) is 14.7. The number of hydrogen-bond acceptors (Lipinski definition) is 4. The number of hydrogen-bond donors (Lipinski definition) is 0. The fourth-order valence-corrected chi connectivity index (χ4v) is 3.05. The predicted molar refractivity (Wildman–Crippen MR) is 105 cm³/mol. The van der Waals surface area contributed by atoms with E-state index in [2.05, 4.69) is 10.1 Å². The number of halogens is 1. The van der Waals surface area contributed by atoms with Crippen LogP contribution in [-0.2, 0) is 13.0 Å². The Morgan fingerprint density at radius 3 is 2.52 bits per heavy atom. The fourth-order valence-electron chi connectivity index (χ4n) is 2.92. The van der Waals surface area contributed by atoms with Crippen LogP contribution in [0.4, 0.5) is 0 Å². The Bertz CT molecular complexity index is 1130. The van der Waals surface area contributed by atoms with Crippen LogP contribution in [0.25, 0.3) is 16.7 Å². The van der Waals surface area contributed by atoms with Crippen molar-refractivity contribution in [3.8, 4) is 11.4 Å². The van der Waals surface area contributed by atoms with E-state index in [4.69, 9.17) is 16.3 Å². The van der Waals surface area contributed by atoms with Crippen molar-refractivity contribution in [2.45, 2.75) is 13.0 Å². The molecular formula is C20H17ClN4O2. The van der Waals surface area contributed by atoms with Crippen LogP contribution in [0.3, 0.4) is 0 Å². The molecule has 0 fully saturated rings. The molecule has 136 valence electrons. The molecule has 7 heteroatoms. The lowest BCUT2D eigenvalue weighted by atomic mass is 10.1. The molecule has 0 aliphatic carbocycles. The van der Waals surface area contributed by atoms with Gasteiger partial charge >= 0.3 is 0 Å². The molecule has 0 bridgehead atoms. The zero-order chi connectivity index (χ0) is 18.8. The summed E-state index contributed by atoms with van der Waals surface area (Å²) in [5.74, 6) is 0.814. The minimum atomic E-state index is -0.103. The lowest BCUT2D eigenvalue weighted by molar-refractivity contribution is 0.414. The van der Waals surface area contributed by atoms with Gasteiger partial charge in [0.05, 0.1) is 25.3 Å². The Balaban J connectivity index is 1.60. The molecule has 4 rings (SSSR count). The van der Waals surface area contributed by atoms with Crippen LogP contribution in [-0.4, -0.2) is 26.4 Å². The smallest absolute Gasteiger partial charge is 0.264 e. The average molecular weight is 381 g/mol. The van der Waals surface area contributed by atoms with Crippen molar-refractivity contribution < 1.29 is 4.74 Å². The normalized spacial score (nSPS) is 11.0. The Hall–Kier alpha value is -3.12. The van der Waals surface area contributed by atoms with E-state index in [1.165, 1.54) is 0 Å². The van der Waals surface area contributed by atoms with E-state index in [9.17, 15) is 4.79 Å². The number of fused-ring (bicyclic) bond motifs is 1. The average Bonchev–Trinajstić information content (AvgIpc) is 3.13. The fraction of sp³-hybridized carbons (Fsp3) is 0.150. The van der Waals surface area contributed by atoms with Crippen molar-refractivity contribution in [3.63, 3.8) is 0 Å². The lowest BCUT2D eigenvalue weighted by Crippen LogP contribution is -2.21. The first-order valence-corrected chi connectivity index (χ1v) is 8.85. The highest BCUT2D eigenvalue weighted by Crippen LogP contribution is 2.17. The maximum atomic E-state index is 12.8. The molecule has 0 N–H and O–H groups in total. The maximum Gasteiger partial charge on any atom is 0.264 e. The SMILES string of the molecule is COc1ccc(CCn2cnc3c(cnn3-c3ccc(Cl)cc3)c2=O)cc1. The third kappa shape index (κ3) is 3.44. The molecule has 0 amide bonds. The van der Waals surface area contributed by atoms with Gasteiger partial charge in [0, 0.05) is 11.6 Å². The van der Waals surface area contributed by atoms with Gasteiger partial charge in [-0.1, -0.05) is 23.7 Å². The van der Waals surface area contributed by atoms with Crippen LogP contribution in [0.5, 0.6) is 5.75 Å². The second-order valence-electron chi connectivity index (χ2n) is 6.11. The second kappa shape index (κ2) is 7.25. The van der Waals surface area contributed by atoms with Crippen LogP contribution >= 0.6 is 11.6 Å². The number of nitrogens with zero attached hydrogens (tertiary/aromatic N) is 4. The van der Waals surface area contributed by atoms with Crippen LogP contribution in [0, 0.1) is 0 Å². The van der Waals surface area contributed by atoms with E-state index in [0.717, 1.165) is 23.4 Å². The summed E-state index contributed by atoms with van der Waals surface area (Å²) in [5, 5.41) is 5.45. The summed E-state index contributed by atoms with van der Waals surface area (Å²) in [6, 6.07) is 15.0. The summed E-state index contributed by atoms with van der Waals surface area (Å²) in [4.78, 5) is 17.2. The summed E-state index contributed by atoms with van der Waals surface area (Å²) in [7, 11) is 1.64. The van der Waals surface area contributed by atoms with Crippen molar-refractivity contribution in [2.24, 2.45) is 0 Å². The van der Waals surface area contributed by atoms with E-state index in [1.54, 1.807) is 41.0 Å². The van der Waals surface area contributed by atoms with E-state index in [0.29, 0.717) is 22.6 Å². The van der Waals surface area contributed by atoms with E-state index in [-0.39, 0.29) is 5.56 Å². The van der Waals surface area contributed by atoms with Crippen molar-refractivity contribution in [1.29, 1.82) is 0 Å². The molecule has 2 aromatic carbocycles. The number of benzene rings is 2. The monoisotopic (exact) mass is 380 g/mol. The van der Waals surface area contributed by atoms with Crippen LogP contribution in [0.2, 0.25) is 5.02 Å². The number of rotatable bonds is 5. The standard InChI is InChI=1S/C20H17ClN4O2/c1-27-17-8-2-14(3-9-17)10-11-24-13-22-19-18(20(24)26)12-23-25(19)16-6-4-15(21)5-7-16/h2-9,12-13H,10-11H2,1H3. The third-order valence-electron chi connectivity index (χ3n) is 4.43. The number of aromatic nitrogens is 4. The molecule has 0 aliphatic rings. The quantitative estimate of drug-likeness (QED) is 0.531. The van der Waals surface area contributed by atoms with Gasteiger partial charge in [-0.15, -0.1) is 0 Å². The van der Waals surface area contributed by atoms with E-state index >= 15 is 0 Å². The molecule has 2 aromatic heterocycles. The Morgan fingerprint density at radius 1 is 1.07 bits per heavy atom. The van der Waals surface area contributed by atoms with Gasteiger partial charge < -0.3 is 4.74 Å². The van der Waals surface area contributed by atoms with Crippen molar-refractivity contribution in [2.75, 3.05) is 7.11 Å².